The van der Waals surface area contributed by atoms with E-state index in [0.29, 0.717) is 5.57 Å². The number of carbonyl (C=O) groups is 1. The Hall–Kier alpha value is -2.02. The number of benzene rings is 1. The van der Waals surface area contributed by atoms with E-state index >= 15 is 0 Å². The van der Waals surface area contributed by atoms with Gasteiger partial charge >= 0.3 is 5.97 Å². The maximum Gasteiger partial charge on any atom is 0.339 e. The van der Waals surface area contributed by atoms with Gasteiger partial charge in [0.1, 0.15) is 5.56 Å². The molecular formula is C13H16O6S. The highest BCUT2D eigenvalue weighted by atomic mass is 32.2. The highest BCUT2D eigenvalue weighted by molar-refractivity contribution is 7.91. The Morgan fingerprint density at radius 3 is 2.30 bits per heavy atom. The van der Waals surface area contributed by atoms with Crippen LogP contribution in [0.1, 0.15) is 17.3 Å². The van der Waals surface area contributed by atoms with Crippen molar-refractivity contribution < 1.29 is 27.8 Å². The lowest BCUT2D eigenvalue weighted by molar-refractivity contribution is 0.0692. The first kappa shape index (κ1) is 16.0. The Morgan fingerprint density at radius 1 is 1.30 bits per heavy atom. The van der Waals surface area contributed by atoms with Gasteiger partial charge in [-0.25, -0.2) is 13.2 Å². The molecule has 0 unspecified atom stereocenters. The first-order valence-electron chi connectivity index (χ1n) is 5.59. The van der Waals surface area contributed by atoms with Crippen molar-refractivity contribution in [3.05, 3.63) is 29.8 Å². The summed E-state index contributed by atoms with van der Waals surface area (Å²) in [7, 11) is -1.08. The van der Waals surface area contributed by atoms with E-state index in [1.165, 1.54) is 20.3 Å². The zero-order valence-corrected chi connectivity index (χ0v) is 12.3. The molecule has 0 radical (unpaired) electrons. The molecule has 0 heterocycles. The van der Waals surface area contributed by atoms with Crippen LogP contribution in [0.15, 0.2) is 29.2 Å². The molecule has 0 fully saturated rings. The highest BCUT2D eigenvalue weighted by Crippen LogP contribution is 2.34. The van der Waals surface area contributed by atoms with E-state index in [-0.39, 0.29) is 27.7 Å². The van der Waals surface area contributed by atoms with E-state index in [2.05, 4.69) is 6.58 Å². The van der Waals surface area contributed by atoms with Gasteiger partial charge in [0, 0.05) is 6.07 Å². The van der Waals surface area contributed by atoms with Gasteiger partial charge < -0.3 is 14.6 Å². The molecule has 0 spiro atoms. The van der Waals surface area contributed by atoms with Crippen LogP contribution in [-0.2, 0) is 9.84 Å². The van der Waals surface area contributed by atoms with Gasteiger partial charge in [0.25, 0.3) is 0 Å². The molecule has 0 aliphatic heterocycles. The van der Waals surface area contributed by atoms with Crippen molar-refractivity contribution in [1.29, 1.82) is 0 Å². The normalized spacial score (nSPS) is 10.9. The van der Waals surface area contributed by atoms with Gasteiger partial charge in [-0.2, -0.15) is 0 Å². The van der Waals surface area contributed by atoms with Crippen molar-refractivity contribution >= 4 is 15.8 Å². The second kappa shape index (κ2) is 5.96. The number of sulfone groups is 1. The number of hydrogen-bond acceptors (Lipinski definition) is 5. The molecule has 1 rings (SSSR count). The fraction of sp³-hybridized carbons (Fsp3) is 0.308. The fourth-order valence-electron chi connectivity index (χ4n) is 1.69. The topological polar surface area (TPSA) is 89.9 Å². The van der Waals surface area contributed by atoms with Gasteiger partial charge in [-0.1, -0.05) is 12.2 Å². The van der Waals surface area contributed by atoms with Crippen molar-refractivity contribution in [3.63, 3.8) is 0 Å². The van der Waals surface area contributed by atoms with Crippen LogP contribution in [0.3, 0.4) is 0 Å². The molecule has 0 amide bonds. The third-order valence-electron chi connectivity index (χ3n) is 2.48. The summed E-state index contributed by atoms with van der Waals surface area (Å²) in [6.07, 6.45) is 0. The van der Waals surface area contributed by atoms with Crippen molar-refractivity contribution in [2.75, 3.05) is 20.0 Å². The summed E-state index contributed by atoms with van der Waals surface area (Å²) in [5.41, 5.74) is 0.184. The average Bonchev–Trinajstić information content (AvgIpc) is 2.35. The lowest BCUT2D eigenvalue weighted by Crippen LogP contribution is -2.10. The predicted octanol–water partition coefficient (Wildman–Crippen LogP) is 1.75. The predicted molar refractivity (Wildman–Crippen MR) is 73.4 cm³/mol. The van der Waals surface area contributed by atoms with Crippen LogP contribution < -0.4 is 9.47 Å². The number of ether oxygens (including phenoxy) is 2. The summed E-state index contributed by atoms with van der Waals surface area (Å²) in [6.45, 7) is 5.13. The van der Waals surface area contributed by atoms with E-state index < -0.39 is 15.8 Å². The van der Waals surface area contributed by atoms with Gasteiger partial charge in [-0.15, -0.1) is 0 Å². The molecule has 1 N–H and O–H groups in total. The molecule has 1 aromatic rings. The van der Waals surface area contributed by atoms with Crippen LogP contribution in [-0.4, -0.2) is 39.5 Å². The highest BCUT2D eigenvalue weighted by Gasteiger charge is 2.23. The summed E-state index contributed by atoms with van der Waals surface area (Å²) >= 11 is 0. The first-order chi connectivity index (χ1) is 9.22. The Bertz CT molecular complexity index is 645. The van der Waals surface area contributed by atoms with E-state index in [1.54, 1.807) is 6.92 Å². The molecule has 0 aliphatic carbocycles. The molecule has 0 atom stereocenters. The van der Waals surface area contributed by atoms with Crippen LogP contribution in [0.25, 0.3) is 0 Å². The minimum Gasteiger partial charge on any atom is -0.493 e. The molecule has 1 aromatic carbocycles. The van der Waals surface area contributed by atoms with Crippen molar-refractivity contribution in [1.82, 2.24) is 0 Å². The Morgan fingerprint density at radius 2 is 1.90 bits per heavy atom. The van der Waals surface area contributed by atoms with Crippen LogP contribution in [0, 0.1) is 0 Å². The Kier molecular flexibility index (Phi) is 4.78. The molecule has 7 heteroatoms. The third-order valence-corrected chi connectivity index (χ3v) is 4.31. The monoisotopic (exact) mass is 300 g/mol. The van der Waals surface area contributed by atoms with E-state index in [1.807, 2.05) is 0 Å². The van der Waals surface area contributed by atoms with Crippen LogP contribution in [0.5, 0.6) is 11.5 Å². The lowest BCUT2D eigenvalue weighted by atomic mass is 10.2. The molecule has 0 aromatic heterocycles. The van der Waals surface area contributed by atoms with Crippen molar-refractivity contribution in [2.24, 2.45) is 0 Å². The fourth-order valence-corrected chi connectivity index (χ4v) is 3.08. The van der Waals surface area contributed by atoms with E-state index in [4.69, 9.17) is 14.6 Å². The SMILES string of the molecule is C=C(C)CS(=O)(=O)c1cc(OC)c(OC)c(C(=O)O)c1. The van der Waals surface area contributed by atoms with Gasteiger partial charge in [0.05, 0.1) is 24.9 Å². The number of hydrogen-bond donors (Lipinski definition) is 1. The van der Waals surface area contributed by atoms with Crippen LogP contribution in [0.4, 0.5) is 0 Å². The molecule has 6 nitrogen and oxygen atoms in total. The number of methoxy groups -OCH3 is 2. The molecule has 110 valence electrons. The summed E-state index contributed by atoms with van der Waals surface area (Å²) in [5.74, 6) is -1.53. The first-order valence-corrected chi connectivity index (χ1v) is 7.24. The summed E-state index contributed by atoms with van der Waals surface area (Å²) < 4.78 is 34.2. The van der Waals surface area contributed by atoms with Crippen molar-refractivity contribution in [3.8, 4) is 11.5 Å². The summed E-state index contributed by atoms with van der Waals surface area (Å²) in [4.78, 5) is 11.1. The molecule has 0 saturated heterocycles. The maximum absolute atomic E-state index is 12.1. The van der Waals surface area contributed by atoms with Crippen LogP contribution >= 0.6 is 0 Å². The molecule has 0 aliphatic rings. The largest absolute Gasteiger partial charge is 0.493 e. The standard InChI is InChI=1S/C13H16O6S/c1-8(2)7-20(16,17)9-5-10(13(14)15)12(19-4)11(6-9)18-3/h5-6H,1,7H2,2-4H3,(H,14,15). The number of aromatic carboxylic acids is 1. The smallest absolute Gasteiger partial charge is 0.339 e. The third kappa shape index (κ3) is 3.30. The lowest BCUT2D eigenvalue weighted by Gasteiger charge is -2.13. The number of carboxylic acid groups (broad SMARTS) is 1. The second-order valence-electron chi connectivity index (χ2n) is 4.23. The summed E-state index contributed by atoms with van der Waals surface area (Å²) in [6, 6.07) is 2.30. The maximum atomic E-state index is 12.1. The zero-order valence-electron chi connectivity index (χ0n) is 11.5. The summed E-state index contributed by atoms with van der Waals surface area (Å²) in [5, 5.41) is 9.14. The van der Waals surface area contributed by atoms with Crippen LogP contribution in [0.2, 0.25) is 0 Å². The number of carboxylic acids is 1. The Labute approximate surface area is 117 Å². The number of rotatable bonds is 6. The van der Waals surface area contributed by atoms with E-state index in [9.17, 15) is 13.2 Å². The van der Waals surface area contributed by atoms with Gasteiger partial charge in [-0.3, -0.25) is 0 Å². The molecule has 0 saturated carbocycles. The van der Waals surface area contributed by atoms with Crippen molar-refractivity contribution in [2.45, 2.75) is 11.8 Å². The average molecular weight is 300 g/mol. The molecule has 0 bridgehead atoms. The van der Waals surface area contributed by atoms with E-state index in [0.717, 1.165) is 6.07 Å². The molecular weight excluding hydrogens is 284 g/mol. The van der Waals surface area contributed by atoms with Gasteiger partial charge in [0.2, 0.25) is 0 Å². The van der Waals surface area contributed by atoms with Gasteiger partial charge in [-0.05, 0) is 13.0 Å². The quantitative estimate of drug-likeness (QED) is 0.805. The second-order valence-corrected chi connectivity index (χ2v) is 6.22. The zero-order chi connectivity index (χ0) is 15.5. The van der Waals surface area contributed by atoms with Gasteiger partial charge in [0.15, 0.2) is 21.3 Å². The molecule has 20 heavy (non-hydrogen) atoms. The minimum absolute atomic E-state index is 0.0192. The minimum atomic E-state index is -3.67. The Balaban J connectivity index is 3.55.